The van der Waals surface area contributed by atoms with Gasteiger partial charge in [0, 0.05) is 98.9 Å². The first-order valence-electron chi connectivity index (χ1n) is 21.9. The first-order chi connectivity index (χ1) is 27.7. The van der Waals surface area contributed by atoms with Crippen molar-refractivity contribution in [3.05, 3.63) is 70.0 Å². The minimum absolute atomic E-state index is 0.0637. The molecule has 3 aliphatic carbocycles. The van der Waals surface area contributed by atoms with Gasteiger partial charge in [0.05, 0.1) is 11.5 Å². The second-order valence-electron chi connectivity index (χ2n) is 18.1. The maximum atomic E-state index is 13.4. The molecule has 2 N–H and O–H groups in total. The number of likely N-dealkylation sites (tertiary alicyclic amines) is 1. The number of hydrogen-bond acceptors (Lipinski definition) is 5. The predicted molar refractivity (Wildman–Crippen MR) is 221 cm³/mol. The lowest BCUT2D eigenvalue weighted by Gasteiger charge is -2.33. The zero-order chi connectivity index (χ0) is 39.2. The Morgan fingerprint density at radius 3 is 1.74 bits per heavy atom. The van der Waals surface area contributed by atoms with Crippen LogP contribution in [0.4, 0.5) is 0 Å². The summed E-state index contributed by atoms with van der Waals surface area (Å²) in [6, 6.07) is 11.8. The Hall–Kier alpha value is -4.15. The molecular weight excluding hydrogens is 717 g/mol. The fourth-order valence-electron chi connectivity index (χ4n) is 11.1. The van der Waals surface area contributed by atoms with Gasteiger partial charge in [-0.05, 0) is 161 Å². The lowest BCUT2D eigenvalue weighted by atomic mass is 9.75. The minimum atomic E-state index is -0.846. The van der Waals surface area contributed by atoms with Crippen molar-refractivity contribution in [2.45, 2.75) is 83.5 Å². The first kappa shape index (κ1) is 38.4. The van der Waals surface area contributed by atoms with Crippen LogP contribution in [0.1, 0.15) is 101 Å². The van der Waals surface area contributed by atoms with Crippen LogP contribution in [0.5, 0.6) is 0 Å². The van der Waals surface area contributed by atoms with Crippen LogP contribution < -0.4 is 5.32 Å². The second-order valence-corrected chi connectivity index (χ2v) is 18.1. The van der Waals surface area contributed by atoms with Crippen molar-refractivity contribution in [2.75, 3.05) is 46.1 Å². The largest absolute Gasteiger partial charge is 0.478 e. The van der Waals surface area contributed by atoms with Gasteiger partial charge in [-0.3, -0.25) is 9.59 Å². The SMILES string of the molecule is Cn1c2c(c3cc(C(=O)N4CC[C@H](C(=O)NCC5CC5)C4)ccc31)CC(C1CCOCC1)CC2.Cn1c2c(c3cc(C(=O)O)ccc31)CC(C1CCOCC1)CC2. The normalized spacial score (nSPS) is 24.2. The summed E-state index contributed by atoms with van der Waals surface area (Å²) in [4.78, 5) is 39.1. The van der Waals surface area contributed by atoms with Gasteiger partial charge in [-0.25, -0.2) is 4.79 Å². The number of hydrogen-bond donors (Lipinski definition) is 2. The highest BCUT2D eigenvalue weighted by molar-refractivity contribution is 6.00. The Balaban J connectivity index is 0.000000160. The summed E-state index contributed by atoms with van der Waals surface area (Å²) in [6.45, 7) is 5.59. The quantitative estimate of drug-likeness (QED) is 0.207. The van der Waals surface area contributed by atoms with Crippen molar-refractivity contribution in [1.82, 2.24) is 19.4 Å². The highest BCUT2D eigenvalue weighted by atomic mass is 16.5. The highest BCUT2D eigenvalue weighted by Gasteiger charge is 2.35. The van der Waals surface area contributed by atoms with Gasteiger partial charge >= 0.3 is 5.97 Å². The lowest BCUT2D eigenvalue weighted by molar-refractivity contribution is -0.124. The molecule has 1 saturated carbocycles. The van der Waals surface area contributed by atoms with Crippen LogP contribution in [-0.2, 0) is 54.0 Å². The topological polar surface area (TPSA) is 115 Å². The Labute approximate surface area is 336 Å². The highest BCUT2D eigenvalue weighted by Crippen LogP contribution is 2.41. The summed E-state index contributed by atoms with van der Waals surface area (Å²) in [5.41, 5.74) is 9.21. The number of nitrogens with zero attached hydrogens (tertiary/aromatic N) is 3. The maximum Gasteiger partial charge on any atom is 0.335 e. The smallest absolute Gasteiger partial charge is 0.335 e. The summed E-state index contributed by atoms with van der Waals surface area (Å²) in [5.74, 6) is 2.89. The Bertz CT molecular complexity index is 2150. The van der Waals surface area contributed by atoms with Crippen LogP contribution in [-0.4, -0.2) is 83.0 Å². The zero-order valence-corrected chi connectivity index (χ0v) is 33.9. The summed E-state index contributed by atoms with van der Waals surface area (Å²) >= 11 is 0. The molecule has 2 amide bonds. The molecule has 3 saturated heterocycles. The van der Waals surface area contributed by atoms with Gasteiger partial charge in [-0.1, -0.05) is 0 Å². The molecule has 4 fully saturated rings. The fraction of sp³-hybridized carbons (Fsp3) is 0.596. The summed E-state index contributed by atoms with van der Waals surface area (Å²) in [6.07, 6.45) is 14.8. The molecule has 3 atom stereocenters. The molecule has 57 heavy (non-hydrogen) atoms. The third kappa shape index (κ3) is 7.76. The number of aromatic nitrogens is 2. The third-order valence-electron chi connectivity index (χ3n) is 14.8. The average molecular weight is 777 g/mol. The number of carbonyl (C=O) groups excluding carboxylic acids is 2. The molecule has 0 spiro atoms. The van der Waals surface area contributed by atoms with Crippen LogP contribution in [0.15, 0.2) is 36.4 Å². The van der Waals surface area contributed by atoms with Gasteiger partial charge in [0.1, 0.15) is 0 Å². The standard InChI is InChI=1S/C28H37N3O3.C19H23NO3/c1-30-25-6-4-20(19-9-12-34-13-10-19)14-23(25)24-15-21(5-7-26(24)30)28(33)31-11-8-22(17-31)27(32)29-16-18-2-3-18;1-20-17-4-2-13(12-6-8-23-9-7-12)10-15(17)16-11-14(19(21)22)3-5-18(16)20/h5,7,15,18-20,22H,2-4,6,8-14,16-17H2,1H3,(H,29,32);3,5,11-13H,2,4,6-10H2,1H3,(H,21,22)/t20?,22-;/m0./s1. The Morgan fingerprint density at radius 1 is 0.684 bits per heavy atom. The van der Waals surface area contributed by atoms with E-state index in [-0.39, 0.29) is 17.7 Å². The number of fused-ring (bicyclic) bond motifs is 6. The number of rotatable bonds is 7. The number of aromatic carboxylic acids is 1. The van der Waals surface area contributed by atoms with E-state index in [1.54, 1.807) is 6.07 Å². The number of benzene rings is 2. The average Bonchev–Trinajstić information content (AvgIpc) is 3.78. The van der Waals surface area contributed by atoms with Crippen LogP contribution in [0, 0.1) is 35.5 Å². The van der Waals surface area contributed by atoms with Gasteiger partial charge in [0.2, 0.25) is 5.91 Å². The number of carbonyl (C=O) groups is 3. The predicted octanol–water partition coefficient (Wildman–Crippen LogP) is 7.11. The first-order valence-corrected chi connectivity index (χ1v) is 21.9. The van der Waals surface area contributed by atoms with Crippen molar-refractivity contribution in [3.8, 4) is 0 Å². The van der Waals surface area contributed by atoms with Gasteiger partial charge in [-0.2, -0.15) is 0 Å². The molecule has 6 aliphatic rings. The van der Waals surface area contributed by atoms with Crippen molar-refractivity contribution in [2.24, 2.45) is 49.6 Å². The van der Waals surface area contributed by atoms with Gasteiger partial charge in [0.25, 0.3) is 5.91 Å². The Morgan fingerprint density at radius 2 is 1.21 bits per heavy atom. The summed E-state index contributed by atoms with van der Waals surface area (Å²) in [5, 5.41) is 14.8. The molecule has 2 aromatic carbocycles. The molecule has 0 bridgehead atoms. The van der Waals surface area contributed by atoms with Gasteiger partial charge in [0.15, 0.2) is 0 Å². The molecule has 5 heterocycles. The molecule has 0 radical (unpaired) electrons. The van der Waals surface area contributed by atoms with Crippen LogP contribution >= 0.6 is 0 Å². The van der Waals surface area contributed by atoms with Crippen molar-refractivity contribution < 1.29 is 29.0 Å². The molecule has 4 aromatic rings. The van der Waals surface area contributed by atoms with Crippen LogP contribution in [0.2, 0.25) is 0 Å². The number of aryl methyl sites for hydroxylation is 2. The molecule has 2 aromatic heterocycles. The maximum absolute atomic E-state index is 13.4. The third-order valence-corrected chi connectivity index (χ3v) is 14.8. The Kier molecular flexibility index (Phi) is 10.9. The molecule has 10 rings (SSSR count). The summed E-state index contributed by atoms with van der Waals surface area (Å²) < 4.78 is 15.7. The van der Waals surface area contributed by atoms with E-state index in [9.17, 15) is 19.5 Å². The zero-order valence-electron chi connectivity index (χ0n) is 33.9. The van der Waals surface area contributed by atoms with E-state index >= 15 is 0 Å². The van der Waals surface area contributed by atoms with Crippen LogP contribution in [0.3, 0.4) is 0 Å². The summed E-state index contributed by atoms with van der Waals surface area (Å²) in [7, 11) is 4.28. The minimum Gasteiger partial charge on any atom is -0.478 e. The number of carboxylic acid groups (broad SMARTS) is 1. The fourth-order valence-corrected chi connectivity index (χ4v) is 11.1. The van der Waals surface area contributed by atoms with E-state index in [4.69, 9.17) is 9.47 Å². The monoisotopic (exact) mass is 776 g/mol. The molecule has 10 nitrogen and oxygen atoms in total. The lowest BCUT2D eigenvalue weighted by Crippen LogP contribution is -2.35. The van der Waals surface area contributed by atoms with E-state index in [1.165, 1.54) is 84.8 Å². The molecule has 3 aliphatic heterocycles. The van der Waals surface area contributed by atoms with E-state index in [2.05, 4.69) is 40.7 Å². The molecule has 2 unspecified atom stereocenters. The molecule has 10 heteroatoms. The van der Waals surface area contributed by atoms with Gasteiger partial charge in [-0.15, -0.1) is 0 Å². The van der Waals surface area contributed by atoms with Gasteiger partial charge < -0.3 is 33.9 Å². The second kappa shape index (κ2) is 16.2. The van der Waals surface area contributed by atoms with E-state index in [0.29, 0.717) is 30.5 Å². The van der Waals surface area contributed by atoms with Crippen molar-refractivity contribution in [3.63, 3.8) is 0 Å². The molecular formula is C47H60N4O6. The molecule has 304 valence electrons. The van der Waals surface area contributed by atoms with E-state index in [1.807, 2.05) is 23.1 Å². The van der Waals surface area contributed by atoms with Crippen LogP contribution in [0.25, 0.3) is 21.8 Å². The number of carboxylic acids is 1. The van der Waals surface area contributed by atoms with E-state index in [0.717, 1.165) is 99.3 Å². The number of ether oxygens (including phenoxy) is 2. The van der Waals surface area contributed by atoms with Crippen molar-refractivity contribution >= 4 is 39.6 Å². The number of nitrogens with one attached hydrogen (secondary N) is 1. The number of amides is 2. The van der Waals surface area contributed by atoms with E-state index < -0.39 is 5.97 Å². The van der Waals surface area contributed by atoms with Crippen molar-refractivity contribution in [1.29, 1.82) is 0 Å².